The van der Waals surface area contributed by atoms with Crippen molar-refractivity contribution in [2.75, 3.05) is 0 Å². The Balaban J connectivity index is 0.00000363. The minimum Gasteiger partial charge on any atom is -0.378 e. The SMILES string of the molecule is Br.Cc1ccc(CNC(=O)c2ccc(Br)cc2CS/C(N)=N/c2ccc(F)c(Cl)c2)cc1. The van der Waals surface area contributed by atoms with Gasteiger partial charge in [0.2, 0.25) is 0 Å². The summed E-state index contributed by atoms with van der Waals surface area (Å²) in [5.41, 5.74) is 10.1. The van der Waals surface area contributed by atoms with Gasteiger partial charge in [0.25, 0.3) is 5.91 Å². The second kappa shape index (κ2) is 12.4. The summed E-state index contributed by atoms with van der Waals surface area (Å²) in [7, 11) is 0. The highest BCUT2D eigenvalue weighted by molar-refractivity contribution is 9.10. The number of thioether (sulfide) groups is 1. The molecule has 0 radical (unpaired) electrons. The lowest BCUT2D eigenvalue weighted by atomic mass is 10.1. The van der Waals surface area contributed by atoms with Gasteiger partial charge in [-0.05, 0) is 54.4 Å². The Hall–Kier alpha value is -1.87. The van der Waals surface area contributed by atoms with Crippen LogP contribution in [0, 0.1) is 12.7 Å². The second-order valence-corrected chi connectivity index (χ2v) is 9.13. The van der Waals surface area contributed by atoms with E-state index in [0.29, 0.717) is 23.5 Å². The maximum Gasteiger partial charge on any atom is 0.251 e. The number of nitrogens with zero attached hydrogens (tertiary/aromatic N) is 1. The maximum absolute atomic E-state index is 13.3. The number of benzene rings is 3. The molecule has 0 aliphatic heterocycles. The van der Waals surface area contributed by atoms with E-state index in [1.165, 1.54) is 35.5 Å². The average molecular weight is 602 g/mol. The van der Waals surface area contributed by atoms with Gasteiger partial charge in [-0.2, -0.15) is 0 Å². The highest BCUT2D eigenvalue weighted by Gasteiger charge is 2.13. The number of rotatable bonds is 6. The van der Waals surface area contributed by atoms with Gasteiger partial charge in [-0.1, -0.05) is 69.1 Å². The predicted molar refractivity (Wildman–Crippen MR) is 141 cm³/mol. The molecule has 0 aliphatic rings. The van der Waals surface area contributed by atoms with Crippen LogP contribution < -0.4 is 11.1 Å². The van der Waals surface area contributed by atoms with Crippen LogP contribution in [0.3, 0.4) is 0 Å². The van der Waals surface area contributed by atoms with Crippen LogP contribution in [0.5, 0.6) is 0 Å². The first kappa shape index (κ1) is 26.4. The highest BCUT2D eigenvalue weighted by atomic mass is 79.9. The lowest BCUT2D eigenvalue weighted by Crippen LogP contribution is -2.24. The third kappa shape index (κ3) is 7.62. The quantitative estimate of drug-likeness (QED) is 0.238. The lowest BCUT2D eigenvalue weighted by molar-refractivity contribution is 0.0950. The van der Waals surface area contributed by atoms with E-state index in [1.807, 2.05) is 43.3 Å². The first-order valence-electron chi connectivity index (χ1n) is 9.36. The first-order valence-corrected chi connectivity index (χ1v) is 11.5. The molecule has 9 heteroatoms. The van der Waals surface area contributed by atoms with Gasteiger partial charge in [0, 0.05) is 22.3 Å². The van der Waals surface area contributed by atoms with Crippen LogP contribution in [-0.2, 0) is 12.3 Å². The second-order valence-electron chi connectivity index (χ2n) is 6.81. The summed E-state index contributed by atoms with van der Waals surface area (Å²) < 4.78 is 14.2. The van der Waals surface area contributed by atoms with Crippen molar-refractivity contribution in [2.24, 2.45) is 10.7 Å². The van der Waals surface area contributed by atoms with Crippen LogP contribution in [0.25, 0.3) is 0 Å². The van der Waals surface area contributed by atoms with E-state index < -0.39 is 5.82 Å². The molecule has 0 bridgehead atoms. The summed E-state index contributed by atoms with van der Waals surface area (Å²) in [5, 5.41) is 3.23. The predicted octanol–water partition coefficient (Wildman–Crippen LogP) is 6.94. The van der Waals surface area contributed by atoms with Gasteiger partial charge in [0.05, 0.1) is 10.7 Å². The number of hydrogen-bond donors (Lipinski definition) is 2. The van der Waals surface area contributed by atoms with E-state index in [0.717, 1.165) is 15.6 Å². The summed E-state index contributed by atoms with van der Waals surface area (Å²) in [5.74, 6) is -0.233. The number of carbonyl (C=O) groups excluding carboxylic acids is 1. The molecule has 0 fully saturated rings. The molecule has 3 aromatic rings. The van der Waals surface area contributed by atoms with Gasteiger partial charge in [0.15, 0.2) is 5.17 Å². The van der Waals surface area contributed by atoms with E-state index in [2.05, 4.69) is 26.2 Å². The largest absolute Gasteiger partial charge is 0.378 e. The molecule has 3 aromatic carbocycles. The molecule has 4 nitrogen and oxygen atoms in total. The fourth-order valence-electron chi connectivity index (χ4n) is 2.75. The molecule has 0 unspecified atom stereocenters. The molecule has 3 N–H and O–H groups in total. The number of nitrogens with two attached hydrogens (primary N) is 1. The topological polar surface area (TPSA) is 67.5 Å². The normalized spacial score (nSPS) is 11.1. The number of amides is 1. The van der Waals surface area contributed by atoms with Crippen molar-refractivity contribution < 1.29 is 9.18 Å². The number of hydrogen-bond acceptors (Lipinski definition) is 3. The van der Waals surface area contributed by atoms with Crippen LogP contribution in [-0.4, -0.2) is 11.1 Å². The fraction of sp³-hybridized carbons (Fsp3) is 0.130. The zero-order valence-electron chi connectivity index (χ0n) is 17.1. The van der Waals surface area contributed by atoms with Gasteiger partial charge in [-0.15, -0.1) is 17.0 Å². The van der Waals surface area contributed by atoms with Gasteiger partial charge in [-0.25, -0.2) is 9.38 Å². The van der Waals surface area contributed by atoms with Crippen molar-refractivity contribution in [3.8, 4) is 0 Å². The number of amidine groups is 1. The summed E-state index contributed by atoms with van der Waals surface area (Å²) >= 11 is 10.5. The average Bonchev–Trinajstić information content (AvgIpc) is 2.74. The highest BCUT2D eigenvalue weighted by Crippen LogP contribution is 2.25. The third-order valence-corrected chi connectivity index (χ3v) is 6.03. The van der Waals surface area contributed by atoms with Gasteiger partial charge in [0.1, 0.15) is 5.82 Å². The van der Waals surface area contributed by atoms with E-state index in [1.54, 1.807) is 6.07 Å². The van der Waals surface area contributed by atoms with Crippen molar-refractivity contribution in [1.82, 2.24) is 5.32 Å². The van der Waals surface area contributed by atoms with E-state index >= 15 is 0 Å². The minimum absolute atomic E-state index is 0. The molecule has 1 amide bonds. The van der Waals surface area contributed by atoms with E-state index in [-0.39, 0.29) is 33.1 Å². The molecule has 32 heavy (non-hydrogen) atoms. The van der Waals surface area contributed by atoms with Crippen molar-refractivity contribution in [3.05, 3.63) is 98.2 Å². The van der Waals surface area contributed by atoms with Crippen LogP contribution in [0.4, 0.5) is 10.1 Å². The van der Waals surface area contributed by atoms with Crippen molar-refractivity contribution in [3.63, 3.8) is 0 Å². The fourth-order valence-corrected chi connectivity index (χ4v) is 4.05. The minimum atomic E-state index is -0.512. The molecular formula is C23H21Br2ClFN3OS. The van der Waals surface area contributed by atoms with Gasteiger partial charge < -0.3 is 11.1 Å². The molecule has 0 saturated carbocycles. The Labute approximate surface area is 214 Å². The Morgan fingerprint density at radius 1 is 1.16 bits per heavy atom. The van der Waals surface area contributed by atoms with Crippen LogP contribution in [0.2, 0.25) is 5.02 Å². The van der Waals surface area contributed by atoms with Crippen LogP contribution >= 0.6 is 56.3 Å². The van der Waals surface area contributed by atoms with Crippen molar-refractivity contribution in [2.45, 2.75) is 19.2 Å². The standard InChI is InChI=1S/C23H20BrClFN3OS.BrH/c1-14-2-4-15(5-3-14)12-28-22(30)19-8-6-17(24)10-16(19)13-31-23(27)29-18-7-9-21(26)20(25)11-18;/h2-11H,12-13H2,1H3,(H2,27,29)(H,28,30);1H. The Kier molecular flexibility index (Phi) is 10.2. The molecule has 0 aromatic heterocycles. The molecule has 0 atom stereocenters. The van der Waals surface area contributed by atoms with Crippen LogP contribution in [0.1, 0.15) is 27.0 Å². The number of nitrogens with one attached hydrogen (secondary N) is 1. The monoisotopic (exact) mass is 599 g/mol. The molecule has 3 rings (SSSR count). The smallest absolute Gasteiger partial charge is 0.251 e. The molecule has 168 valence electrons. The Bertz CT molecular complexity index is 1130. The summed E-state index contributed by atoms with van der Waals surface area (Å²) in [4.78, 5) is 17.0. The zero-order chi connectivity index (χ0) is 22.4. The summed E-state index contributed by atoms with van der Waals surface area (Å²) in [6.45, 7) is 2.46. The zero-order valence-corrected chi connectivity index (χ0v) is 21.9. The first-order chi connectivity index (χ1) is 14.8. The Morgan fingerprint density at radius 2 is 1.88 bits per heavy atom. The number of aliphatic imine (C=N–C) groups is 1. The van der Waals surface area contributed by atoms with Crippen LogP contribution in [0.15, 0.2) is 70.1 Å². The van der Waals surface area contributed by atoms with Gasteiger partial charge >= 0.3 is 0 Å². The van der Waals surface area contributed by atoms with Crippen molar-refractivity contribution in [1.29, 1.82) is 0 Å². The lowest BCUT2D eigenvalue weighted by Gasteiger charge is -2.11. The Morgan fingerprint density at radius 3 is 2.56 bits per heavy atom. The molecule has 0 aliphatic carbocycles. The maximum atomic E-state index is 13.3. The third-order valence-electron chi connectivity index (χ3n) is 4.40. The molecule has 0 saturated heterocycles. The molecule has 0 heterocycles. The number of halogens is 4. The van der Waals surface area contributed by atoms with E-state index in [9.17, 15) is 9.18 Å². The molecule has 0 spiro atoms. The van der Waals surface area contributed by atoms with Gasteiger partial charge in [-0.3, -0.25) is 4.79 Å². The number of aryl methyl sites for hydroxylation is 1. The number of carbonyl (C=O) groups is 1. The summed E-state index contributed by atoms with van der Waals surface area (Å²) in [6.07, 6.45) is 0. The summed E-state index contributed by atoms with van der Waals surface area (Å²) in [6, 6.07) is 17.6. The van der Waals surface area contributed by atoms with E-state index in [4.69, 9.17) is 17.3 Å². The van der Waals surface area contributed by atoms with Crippen molar-refractivity contribution >= 4 is 73.0 Å². The molecular weight excluding hydrogens is 581 g/mol.